The molecule has 64 valence electrons. The first-order valence-electron chi connectivity index (χ1n) is 4.21. The van der Waals surface area contributed by atoms with Crippen LogP contribution in [0.15, 0.2) is 24.5 Å². The first-order valence-corrected chi connectivity index (χ1v) is 4.21. The van der Waals surface area contributed by atoms with Crippen LogP contribution < -0.4 is 0 Å². The Balaban J connectivity index is 2.19. The lowest BCUT2D eigenvalue weighted by molar-refractivity contribution is 0.359. The van der Waals surface area contributed by atoms with Gasteiger partial charge in [0.2, 0.25) is 0 Å². The molecule has 1 saturated heterocycles. The molecule has 2 rings (SSSR count). The maximum atomic E-state index is 11.3. The molecule has 0 bridgehead atoms. The fourth-order valence-electron chi connectivity index (χ4n) is 1.65. The van der Waals surface area contributed by atoms with Gasteiger partial charge in [-0.2, -0.15) is 0 Å². The number of rotatable bonds is 1. The smallest absolute Gasteiger partial charge is 0.0315 e. The van der Waals surface area contributed by atoms with Crippen molar-refractivity contribution in [2.75, 3.05) is 6.54 Å². The van der Waals surface area contributed by atoms with E-state index in [0.717, 1.165) is 23.5 Å². The second kappa shape index (κ2) is 3.21. The Morgan fingerprint density at radius 1 is 1.58 bits per heavy atom. The van der Waals surface area contributed by atoms with Gasteiger partial charge >= 0.3 is 0 Å². The van der Waals surface area contributed by atoms with Gasteiger partial charge in [-0.15, -0.1) is 0 Å². The third-order valence-electron chi connectivity index (χ3n) is 2.27. The van der Waals surface area contributed by atoms with Gasteiger partial charge in [0.05, 0.1) is 0 Å². The molecule has 0 spiro atoms. The standard InChI is InChI=1S/C9H11N2O/c12-11-6-2-4-9(11)8-3-1-5-10-7-8/h1,3,5,7,9H,2,4,6H2/q-1/t9-/m0/s1. The van der Waals surface area contributed by atoms with E-state index < -0.39 is 0 Å². The van der Waals surface area contributed by atoms with Gasteiger partial charge in [0.15, 0.2) is 0 Å². The van der Waals surface area contributed by atoms with Gasteiger partial charge in [-0.25, -0.2) is 0 Å². The maximum absolute atomic E-state index is 11.3. The highest BCUT2D eigenvalue weighted by Gasteiger charge is 2.18. The molecule has 1 aliphatic rings. The van der Waals surface area contributed by atoms with Crippen molar-refractivity contribution in [2.45, 2.75) is 18.9 Å². The van der Waals surface area contributed by atoms with E-state index in [-0.39, 0.29) is 6.04 Å². The third kappa shape index (κ3) is 1.33. The van der Waals surface area contributed by atoms with Crippen LogP contribution in [0.2, 0.25) is 0 Å². The van der Waals surface area contributed by atoms with Crippen LogP contribution in [0, 0.1) is 5.21 Å². The summed E-state index contributed by atoms with van der Waals surface area (Å²) >= 11 is 0. The molecule has 0 radical (unpaired) electrons. The van der Waals surface area contributed by atoms with Crippen LogP contribution in [0.25, 0.3) is 0 Å². The van der Waals surface area contributed by atoms with E-state index in [1.165, 1.54) is 0 Å². The Kier molecular flexibility index (Phi) is 2.06. The fraction of sp³-hybridized carbons (Fsp3) is 0.444. The summed E-state index contributed by atoms with van der Waals surface area (Å²) in [6.45, 7) is 0.666. The molecule has 1 fully saturated rings. The van der Waals surface area contributed by atoms with Gasteiger partial charge in [-0.1, -0.05) is 6.07 Å². The zero-order chi connectivity index (χ0) is 8.39. The van der Waals surface area contributed by atoms with E-state index in [2.05, 4.69) is 4.98 Å². The summed E-state index contributed by atoms with van der Waals surface area (Å²) in [6, 6.07) is 3.90. The van der Waals surface area contributed by atoms with Gasteiger partial charge < -0.3 is 10.3 Å². The monoisotopic (exact) mass is 163 g/mol. The SMILES string of the molecule is [O-]N1CCC[C@H]1c1cccnc1. The van der Waals surface area contributed by atoms with Gasteiger partial charge in [0.1, 0.15) is 0 Å². The van der Waals surface area contributed by atoms with E-state index in [1.54, 1.807) is 12.4 Å². The van der Waals surface area contributed by atoms with Crippen molar-refractivity contribution >= 4 is 0 Å². The first kappa shape index (κ1) is 7.71. The molecule has 0 amide bonds. The Morgan fingerprint density at radius 2 is 2.50 bits per heavy atom. The Morgan fingerprint density at radius 3 is 3.08 bits per heavy atom. The molecular formula is C9H11N2O-. The zero-order valence-corrected chi connectivity index (χ0v) is 6.81. The molecular weight excluding hydrogens is 152 g/mol. The quantitative estimate of drug-likeness (QED) is 0.632. The Labute approximate surface area is 71.6 Å². The number of hydroxylamine groups is 2. The lowest BCUT2D eigenvalue weighted by Crippen LogP contribution is -2.15. The fourth-order valence-corrected chi connectivity index (χ4v) is 1.65. The molecule has 1 aliphatic heterocycles. The molecule has 12 heavy (non-hydrogen) atoms. The molecule has 0 saturated carbocycles. The highest BCUT2D eigenvalue weighted by Crippen LogP contribution is 2.29. The summed E-state index contributed by atoms with van der Waals surface area (Å²) in [5.74, 6) is 0. The van der Waals surface area contributed by atoms with Crippen LogP contribution in [0.4, 0.5) is 0 Å². The number of pyridine rings is 1. The van der Waals surface area contributed by atoms with Crippen LogP contribution in [0.3, 0.4) is 0 Å². The summed E-state index contributed by atoms with van der Waals surface area (Å²) in [4.78, 5) is 4.00. The molecule has 2 heterocycles. The Hall–Kier alpha value is -0.930. The molecule has 3 nitrogen and oxygen atoms in total. The number of aromatic nitrogens is 1. The number of hydrogen-bond acceptors (Lipinski definition) is 3. The van der Waals surface area contributed by atoms with Crippen molar-refractivity contribution < 1.29 is 0 Å². The second-order valence-electron chi connectivity index (χ2n) is 3.09. The van der Waals surface area contributed by atoms with Crippen molar-refractivity contribution in [2.24, 2.45) is 0 Å². The minimum atomic E-state index is 0.0544. The molecule has 0 N–H and O–H groups in total. The van der Waals surface area contributed by atoms with Crippen LogP contribution in [0.1, 0.15) is 24.4 Å². The van der Waals surface area contributed by atoms with Crippen LogP contribution in [0.5, 0.6) is 0 Å². The predicted octanol–water partition coefficient (Wildman–Crippen LogP) is 1.72. The first-order chi connectivity index (χ1) is 5.88. The largest absolute Gasteiger partial charge is 0.785 e. The normalized spacial score (nSPS) is 24.6. The average molecular weight is 163 g/mol. The summed E-state index contributed by atoms with van der Waals surface area (Å²) in [7, 11) is 0. The highest BCUT2D eigenvalue weighted by molar-refractivity contribution is 5.15. The summed E-state index contributed by atoms with van der Waals surface area (Å²) in [5.41, 5.74) is 1.05. The van der Waals surface area contributed by atoms with Crippen molar-refractivity contribution in [3.63, 3.8) is 0 Å². The minimum Gasteiger partial charge on any atom is -0.785 e. The van der Waals surface area contributed by atoms with Crippen molar-refractivity contribution in [3.05, 3.63) is 35.3 Å². The van der Waals surface area contributed by atoms with Gasteiger partial charge in [0, 0.05) is 18.4 Å². The predicted molar refractivity (Wildman–Crippen MR) is 46.3 cm³/mol. The zero-order valence-electron chi connectivity index (χ0n) is 6.81. The average Bonchev–Trinajstić information content (AvgIpc) is 2.53. The van der Waals surface area contributed by atoms with Crippen LogP contribution >= 0.6 is 0 Å². The van der Waals surface area contributed by atoms with Crippen molar-refractivity contribution in [1.29, 1.82) is 0 Å². The molecule has 3 heteroatoms. The lowest BCUT2D eigenvalue weighted by atomic mass is 10.1. The van der Waals surface area contributed by atoms with Crippen LogP contribution in [-0.2, 0) is 0 Å². The van der Waals surface area contributed by atoms with Crippen molar-refractivity contribution in [3.8, 4) is 0 Å². The second-order valence-corrected chi connectivity index (χ2v) is 3.09. The van der Waals surface area contributed by atoms with E-state index in [0.29, 0.717) is 6.54 Å². The van der Waals surface area contributed by atoms with E-state index in [4.69, 9.17) is 0 Å². The maximum Gasteiger partial charge on any atom is 0.0315 e. The molecule has 0 aliphatic carbocycles. The molecule has 1 aromatic rings. The summed E-state index contributed by atoms with van der Waals surface area (Å²) < 4.78 is 0. The van der Waals surface area contributed by atoms with Gasteiger partial charge in [0.25, 0.3) is 0 Å². The molecule has 1 atom stereocenters. The topological polar surface area (TPSA) is 39.2 Å². The van der Waals surface area contributed by atoms with E-state index in [1.807, 2.05) is 12.1 Å². The van der Waals surface area contributed by atoms with Gasteiger partial charge in [-0.05, 0) is 31.0 Å². The minimum absolute atomic E-state index is 0.0544. The lowest BCUT2D eigenvalue weighted by Gasteiger charge is -2.29. The van der Waals surface area contributed by atoms with Crippen LogP contribution in [-0.4, -0.2) is 16.6 Å². The molecule has 0 aromatic carbocycles. The highest BCUT2D eigenvalue weighted by atomic mass is 16.5. The van der Waals surface area contributed by atoms with Gasteiger partial charge in [-0.3, -0.25) is 4.98 Å². The van der Waals surface area contributed by atoms with Crippen molar-refractivity contribution in [1.82, 2.24) is 10.0 Å². The van der Waals surface area contributed by atoms with E-state index >= 15 is 0 Å². The summed E-state index contributed by atoms with van der Waals surface area (Å²) in [5, 5.41) is 12.4. The number of nitrogens with zero attached hydrogens (tertiary/aromatic N) is 2. The molecule has 0 unspecified atom stereocenters. The Bertz CT molecular complexity index is 250. The number of hydrogen-bond donors (Lipinski definition) is 0. The van der Waals surface area contributed by atoms with E-state index in [9.17, 15) is 5.21 Å². The molecule has 1 aromatic heterocycles. The summed E-state index contributed by atoms with van der Waals surface area (Å²) in [6.07, 6.45) is 5.48. The third-order valence-corrected chi connectivity index (χ3v) is 2.27.